The second-order valence-electron chi connectivity index (χ2n) is 5.10. The minimum absolute atomic E-state index is 0.0989. The molecule has 1 amide bonds. The molecule has 1 aromatic rings. The third-order valence-electron chi connectivity index (χ3n) is 3.69. The molecule has 2 N–H and O–H groups in total. The summed E-state index contributed by atoms with van der Waals surface area (Å²) in [7, 11) is 0. The maximum Gasteiger partial charge on any atom is 0.239 e. The largest absolute Gasteiger partial charge is 0.339 e. The smallest absolute Gasteiger partial charge is 0.239 e. The molecule has 104 valence electrons. The Bertz CT molecular complexity index is 399. The highest BCUT2D eigenvalue weighted by atomic mass is 16.2. The van der Waals surface area contributed by atoms with Crippen LogP contribution in [0.1, 0.15) is 18.9 Å². The summed E-state index contributed by atoms with van der Waals surface area (Å²) in [6.45, 7) is 6.35. The van der Waals surface area contributed by atoms with Crippen molar-refractivity contribution < 1.29 is 4.79 Å². The minimum atomic E-state index is -0.333. The molecule has 0 aliphatic carbocycles. The molecule has 0 aromatic heterocycles. The number of nitrogens with two attached hydrogens (primary N) is 1. The molecule has 1 saturated heterocycles. The van der Waals surface area contributed by atoms with Crippen molar-refractivity contribution in [3.8, 4) is 0 Å². The minimum Gasteiger partial charge on any atom is -0.339 e. The fraction of sp³-hybridized carbons (Fsp3) is 0.533. The lowest BCUT2D eigenvalue weighted by Gasteiger charge is -2.35. The number of carbonyl (C=O) groups is 1. The first-order valence-electron chi connectivity index (χ1n) is 7.01. The van der Waals surface area contributed by atoms with Crippen molar-refractivity contribution in [3.63, 3.8) is 0 Å². The van der Waals surface area contributed by atoms with E-state index < -0.39 is 0 Å². The highest BCUT2D eigenvalue weighted by Crippen LogP contribution is 2.09. The molecule has 1 heterocycles. The van der Waals surface area contributed by atoms with E-state index in [0.717, 1.165) is 32.7 Å². The number of nitrogens with zero attached hydrogens (tertiary/aromatic N) is 2. The molecule has 0 saturated carbocycles. The van der Waals surface area contributed by atoms with E-state index in [4.69, 9.17) is 5.73 Å². The summed E-state index contributed by atoms with van der Waals surface area (Å²) < 4.78 is 0. The topological polar surface area (TPSA) is 49.6 Å². The van der Waals surface area contributed by atoms with E-state index in [9.17, 15) is 4.79 Å². The Balaban J connectivity index is 1.81. The first-order chi connectivity index (χ1) is 9.20. The van der Waals surface area contributed by atoms with Crippen molar-refractivity contribution in [2.24, 2.45) is 5.73 Å². The average molecular weight is 261 g/mol. The van der Waals surface area contributed by atoms with Gasteiger partial charge in [0, 0.05) is 32.7 Å². The second kappa shape index (κ2) is 6.68. The van der Waals surface area contributed by atoms with E-state index in [1.807, 2.05) is 17.9 Å². The van der Waals surface area contributed by atoms with Crippen LogP contribution >= 0.6 is 0 Å². The standard InChI is InChI=1S/C15H23N3O/c1-2-14(16)15(19)18-10-8-17(9-11-18)12-13-6-4-3-5-7-13/h3-7,14H,2,8-12,16H2,1H3/t14-/m0/s1. The molecule has 0 spiro atoms. The van der Waals surface area contributed by atoms with Crippen LogP contribution in [0.4, 0.5) is 0 Å². The highest BCUT2D eigenvalue weighted by molar-refractivity contribution is 5.81. The second-order valence-corrected chi connectivity index (χ2v) is 5.10. The third-order valence-corrected chi connectivity index (χ3v) is 3.69. The lowest BCUT2D eigenvalue weighted by molar-refractivity contribution is -0.134. The van der Waals surface area contributed by atoms with Gasteiger partial charge < -0.3 is 10.6 Å². The molecular weight excluding hydrogens is 238 g/mol. The first kappa shape index (κ1) is 14.0. The molecule has 2 rings (SSSR count). The number of benzene rings is 1. The zero-order chi connectivity index (χ0) is 13.7. The molecular formula is C15H23N3O. The van der Waals surface area contributed by atoms with Crippen molar-refractivity contribution >= 4 is 5.91 Å². The Hall–Kier alpha value is -1.39. The fourth-order valence-electron chi connectivity index (χ4n) is 2.38. The lowest BCUT2D eigenvalue weighted by Crippen LogP contribution is -2.52. The van der Waals surface area contributed by atoms with Gasteiger partial charge in [-0.3, -0.25) is 9.69 Å². The maximum absolute atomic E-state index is 12.0. The number of hydrogen-bond donors (Lipinski definition) is 1. The predicted octanol–water partition coefficient (Wildman–Crippen LogP) is 1.07. The molecule has 1 fully saturated rings. The molecule has 19 heavy (non-hydrogen) atoms. The van der Waals surface area contributed by atoms with Crippen LogP contribution in [-0.4, -0.2) is 47.9 Å². The van der Waals surface area contributed by atoms with Crippen molar-refractivity contribution in [3.05, 3.63) is 35.9 Å². The zero-order valence-corrected chi connectivity index (χ0v) is 11.6. The van der Waals surface area contributed by atoms with E-state index >= 15 is 0 Å². The summed E-state index contributed by atoms with van der Waals surface area (Å²) in [5.41, 5.74) is 7.13. The Morgan fingerprint density at radius 2 is 1.84 bits per heavy atom. The molecule has 0 bridgehead atoms. The van der Waals surface area contributed by atoms with Crippen molar-refractivity contribution in [2.45, 2.75) is 25.9 Å². The lowest BCUT2D eigenvalue weighted by atomic mass is 10.1. The van der Waals surface area contributed by atoms with Crippen LogP contribution in [0, 0.1) is 0 Å². The Morgan fingerprint density at radius 1 is 1.21 bits per heavy atom. The van der Waals surface area contributed by atoms with E-state index in [0.29, 0.717) is 6.42 Å². The molecule has 1 aromatic carbocycles. The molecule has 0 unspecified atom stereocenters. The van der Waals surface area contributed by atoms with Crippen molar-refractivity contribution in [2.75, 3.05) is 26.2 Å². The SMILES string of the molecule is CC[C@H](N)C(=O)N1CCN(Cc2ccccc2)CC1. The number of amides is 1. The van der Waals surface area contributed by atoms with Gasteiger partial charge in [-0.2, -0.15) is 0 Å². The normalized spacial score (nSPS) is 18.3. The van der Waals surface area contributed by atoms with Crippen LogP contribution in [0.25, 0.3) is 0 Å². The number of rotatable bonds is 4. The zero-order valence-electron chi connectivity index (χ0n) is 11.6. The summed E-state index contributed by atoms with van der Waals surface area (Å²) in [6.07, 6.45) is 0.711. The van der Waals surface area contributed by atoms with Crippen LogP contribution in [0.2, 0.25) is 0 Å². The highest BCUT2D eigenvalue weighted by Gasteiger charge is 2.24. The molecule has 4 heteroatoms. The average Bonchev–Trinajstić information content (AvgIpc) is 2.47. The molecule has 1 atom stereocenters. The summed E-state index contributed by atoms with van der Waals surface area (Å²) in [6, 6.07) is 10.1. The maximum atomic E-state index is 12.0. The summed E-state index contributed by atoms with van der Waals surface area (Å²) >= 11 is 0. The van der Waals surface area contributed by atoms with Gasteiger partial charge in [-0.1, -0.05) is 37.3 Å². The Morgan fingerprint density at radius 3 is 2.42 bits per heavy atom. The van der Waals surface area contributed by atoms with Gasteiger partial charge >= 0.3 is 0 Å². The van der Waals surface area contributed by atoms with Crippen LogP contribution < -0.4 is 5.73 Å². The van der Waals surface area contributed by atoms with Crippen LogP contribution in [0.5, 0.6) is 0 Å². The molecule has 4 nitrogen and oxygen atoms in total. The number of carbonyl (C=O) groups excluding carboxylic acids is 1. The van der Waals surface area contributed by atoms with Gasteiger partial charge in [-0.25, -0.2) is 0 Å². The van der Waals surface area contributed by atoms with Crippen molar-refractivity contribution in [1.82, 2.24) is 9.80 Å². The molecule has 1 aliphatic rings. The third kappa shape index (κ3) is 3.78. The van der Waals surface area contributed by atoms with Gasteiger partial charge in [0.2, 0.25) is 5.91 Å². The number of piperazine rings is 1. The quantitative estimate of drug-likeness (QED) is 0.882. The molecule has 0 radical (unpaired) electrons. The van der Waals surface area contributed by atoms with Crippen molar-refractivity contribution in [1.29, 1.82) is 0 Å². The van der Waals surface area contributed by atoms with Crippen LogP contribution in [0.3, 0.4) is 0 Å². The van der Waals surface area contributed by atoms with Gasteiger partial charge in [0.05, 0.1) is 6.04 Å². The Kier molecular flexibility index (Phi) is 4.93. The van der Waals surface area contributed by atoms with Crippen LogP contribution in [0.15, 0.2) is 30.3 Å². The summed E-state index contributed by atoms with van der Waals surface area (Å²) in [4.78, 5) is 16.3. The summed E-state index contributed by atoms with van der Waals surface area (Å²) in [5, 5.41) is 0. The van der Waals surface area contributed by atoms with Gasteiger partial charge in [-0.15, -0.1) is 0 Å². The van der Waals surface area contributed by atoms with E-state index in [1.54, 1.807) is 0 Å². The molecule has 1 aliphatic heterocycles. The van der Waals surface area contributed by atoms with Gasteiger partial charge in [0.25, 0.3) is 0 Å². The van der Waals surface area contributed by atoms with E-state index in [2.05, 4.69) is 29.2 Å². The van der Waals surface area contributed by atoms with E-state index in [1.165, 1.54) is 5.56 Å². The van der Waals surface area contributed by atoms with Gasteiger partial charge in [0.1, 0.15) is 0 Å². The Labute approximate surface area is 115 Å². The fourth-order valence-corrected chi connectivity index (χ4v) is 2.38. The predicted molar refractivity (Wildman–Crippen MR) is 76.6 cm³/mol. The number of hydrogen-bond acceptors (Lipinski definition) is 3. The first-order valence-corrected chi connectivity index (χ1v) is 7.01. The summed E-state index contributed by atoms with van der Waals surface area (Å²) in [5.74, 6) is 0.0989. The van der Waals surface area contributed by atoms with E-state index in [-0.39, 0.29) is 11.9 Å². The van der Waals surface area contributed by atoms with Crippen LogP contribution in [-0.2, 0) is 11.3 Å². The monoisotopic (exact) mass is 261 g/mol. The van der Waals surface area contributed by atoms with Gasteiger partial charge in [-0.05, 0) is 12.0 Å². The van der Waals surface area contributed by atoms with Gasteiger partial charge in [0.15, 0.2) is 0 Å².